The van der Waals surface area contributed by atoms with Crippen molar-refractivity contribution in [1.29, 1.82) is 0 Å². The number of amides is 2. The number of hydrogen-bond acceptors (Lipinski definition) is 9. The summed E-state index contributed by atoms with van der Waals surface area (Å²) in [5, 5.41) is 17.4. The van der Waals surface area contributed by atoms with E-state index >= 15 is 0 Å². The summed E-state index contributed by atoms with van der Waals surface area (Å²) in [6.07, 6.45) is 3.36. The van der Waals surface area contributed by atoms with Gasteiger partial charge in [0.2, 0.25) is 5.28 Å². The highest BCUT2D eigenvalue weighted by atomic mass is 35.5. The van der Waals surface area contributed by atoms with Crippen molar-refractivity contribution in [3.63, 3.8) is 0 Å². The molecule has 1 N–H and O–H groups in total. The number of rotatable bonds is 7. The van der Waals surface area contributed by atoms with E-state index in [2.05, 4.69) is 15.2 Å². The van der Waals surface area contributed by atoms with Crippen molar-refractivity contribution in [1.82, 2.24) is 25.0 Å². The van der Waals surface area contributed by atoms with Crippen LogP contribution in [0.5, 0.6) is 11.6 Å². The fourth-order valence-electron chi connectivity index (χ4n) is 6.51. The minimum Gasteiger partial charge on any atom is -0.444 e. The van der Waals surface area contributed by atoms with Crippen molar-refractivity contribution in [2.24, 2.45) is 5.41 Å². The van der Waals surface area contributed by atoms with Crippen LogP contribution >= 0.6 is 11.6 Å². The lowest BCUT2D eigenvalue weighted by Gasteiger charge is -2.56. The Morgan fingerprint density at radius 1 is 1.19 bits per heavy atom. The van der Waals surface area contributed by atoms with Crippen molar-refractivity contribution in [2.45, 2.75) is 84.0 Å². The first-order chi connectivity index (χ1) is 19.8. The van der Waals surface area contributed by atoms with E-state index in [9.17, 15) is 19.1 Å². The second-order valence-electron chi connectivity index (χ2n) is 12.8. The molecule has 4 heterocycles. The van der Waals surface area contributed by atoms with Gasteiger partial charge < -0.3 is 29.3 Å². The number of nitrogens with zero attached hydrogens (tertiary/aromatic N) is 6. The summed E-state index contributed by atoms with van der Waals surface area (Å²) in [6, 6.07) is 3.68. The minimum atomic E-state index is -0.601. The molecule has 1 spiro atoms. The summed E-state index contributed by atoms with van der Waals surface area (Å²) in [4.78, 5) is 36.0. The van der Waals surface area contributed by atoms with Gasteiger partial charge in [0.05, 0.1) is 12.2 Å². The average molecular weight is 605 g/mol. The molecule has 3 fully saturated rings. The lowest BCUT2D eigenvalue weighted by atomic mass is 9.69. The maximum atomic E-state index is 14.3. The Bertz CT molecular complexity index is 1330. The summed E-state index contributed by atoms with van der Waals surface area (Å²) in [6.45, 7) is 10.4. The molecular weight excluding hydrogens is 567 g/mol. The molecule has 0 aliphatic carbocycles. The van der Waals surface area contributed by atoms with Gasteiger partial charge in [0.25, 0.3) is 11.8 Å². The highest BCUT2D eigenvalue weighted by molar-refractivity contribution is 6.28. The Morgan fingerprint density at radius 2 is 1.86 bits per heavy atom. The molecule has 2 unspecified atom stereocenters. The molecule has 2 amide bonds. The topological polar surface area (TPSA) is 121 Å². The van der Waals surface area contributed by atoms with Gasteiger partial charge in [-0.05, 0) is 90.1 Å². The molecule has 42 heavy (non-hydrogen) atoms. The molecule has 1 aromatic heterocycles. The molecule has 3 aliphatic heterocycles. The number of aliphatic hydroxyl groups is 1. The van der Waals surface area contributed by atoms with Crippen molar-refractivity contribution in [3.05, 3.63) is 34.9 Å². The highest BCUT2D eigenvalue weighted by Gasteiger charge is 2.56. The molecule has 1 aromatic carbocycles. The van der Waals surface area contributed by atoms with Gasteiger partial charge in [-0.3, -0.25) is 4.79 Å². The molecule has 3 aliphatic rings. The van der Waals surface area contributed by atoms with E-state index < -0.39 is 17.3 Å². The van der Waals surface area contributed by atoms with Crippen LogP contribution in [0.2, 0.25) is 5.28 Å². The van der Waals surface area contributed by atoms with E-state index in [0.29, 0.717) is 18.9 Å². The fraction of sp³-hybridized carbons (Fsp3) is 0.621. The zero-order valence-corrected chi connectivity index (χ0v) is 25.4. The van der Waals surface area contributed by atoms with E-state index in [1.54, 1.807) is 0 Å². The predicted octanol–water partition coefficient (Wildman–Crippen LogP) is 4.67. The molecule has 2 bridgehead atoms. The van der Waals surface area contributed by atoms with Crippen LogP contribution < -0.4 is 9.64 Å². The molecular formula is C29H38ClFN6O5. The van der Waals surface area contributed by atoms with E-state index in [1.165, 1.54) is 17.0 Å². The number of carbonyl (C=O) groups is 2. The van der Waals surface area contributed by atoms with Crippen LogP contribution in [0.15, 0.2) is 18.2 Å². The summed E-state index contributed by atoms with van der Waals surface area (Å²) in [5.74, 6) is -0.580. The second-order valence-corrected chi connectivity index (χ2v) is 13.1. The normalized spacial score (nSPS) is 21.0. The van der Waals surface area contributed by atoms with Crippen LogP contribution in [0, 0.1) is 11.2 Å². The first-order valence-corrected chi connectivity index (χ1v) is 14.7. The Balaban J connectivity index is 1.34. The predicted molar refractivity (Wildman–Crippen MR) is 153 cm³/mol. The van der Waals surface area contributed by atoms with E-state index in [1.807, 2.05) is 44.4 Å². The molecule has 2 aromatic rings. The number of piperidine rings is 1. The van der Waals surface area contributed by atoms with Crippen molar-refractivity contribution in [3.8, 4) is 11.6 Å². The smallest absolute Gasteiger partial charge is 0.410 e. The van der Waals surface area contributed by atoms with Gasteiger partial charge in [0.1, 0.15) is 17.2 Å². The first-order valence-electron chi connectivity index (χ1n) is 14.3. The van der Waals surface area contributed by atoms with Crippen LogP contribution in [0.1, 0.15) is 70.7 Å². The maximum Gasteiger partial charge on any atom is 0.410 e. The molecule has 0 saturated carbocycles. The van der Waals surface area contributed by atoms with Gasteiger partial charge in [0.15, 0.2) is 5.82 Å². The quantitative estimate of drug-likeness (QED) is 0.480. The van der Waals surface area contributed by atoms with Gasteiger partial charge in [-0.2, -0.15) is 4.98 Å². The maximum absolute atomic E-state index is 14.3. The lowest BCUT2D eigenvalue weighted by Crippen LogP contribution is -2.64. The minimum absolute atomic E-state index is 0.00188. The van der Waals surface area contributed by atoms with Crippen molar-refractivity contribution >= 4 is 29.4 Å². The number of aromatic nitrogens is 3. The number of anilines is 1. The molecule has 0 radical (unpaired) electrons. The first kappa shape index (κ1) is 30.2. The Kier molecular flexibility index (Phi) is 8.23. The number of halogens is 2. The van der Waals surface area contributed by atoms with Gasteiger partial charge in [0, 0.05) is 43.2 Å². The van der Waals surface area contributed by atoms with E-state index in [4.69, 9.17) is 21.1 Å². The van der Waals surface area contributed by atoms with Gasteiger partial charge in [-0.1, -0.05) is 0 Å². The standard InChI is InChI=1S/C29H38ClFN6O5/c1-17(2)36(10-11-38)25(39)21-12-18(31)6-9-22(21)41-24-23(32-26(30)34-33-24)35-15-29(16-35)13-19-7-8-20(14-29)37(19)27(40)42-28(3,4)5/h6,9,12,17,19-20,38H,7-8,10-11,13-16H2,1-5H3. The third-order valence-corrected chi connectivity index (χ3v) is 8.29. The van der Waals surface area contributed by atoms with Crippen molar-refractivity contribution < 1.29 is 28.6 Å². The number of benzene rings is 1. The number of hydrogen-bond donors (Lipinski definition) is 1. The Labute approximate surface area is 249 Å². The monoisotopic (exact) mass is 604 g/mol. The third kappa shape index (κ3) is 6.10. The van der Waals surface area contributed by atoms with Crippen molar-refractivity contribution in [2.75, 3.05) is 31.1 Å². The SMILES string of the molecule is CC(C)N(CCO)C(=O)c1cc(F)ccc1Oc1nnc(Cl)nc1N1CC2(CC3CCC(C2)N3C(=O)OC(C)(C)C)C1. The average Bonchev–Trinajstić information content (AvgIpc) is 3.17. The van der Waals surface area contributed by atoms with Crippen LogP contribution in [0.4, 0.5) is 15.0 Å². The van der Waals surface area contributed by atoms with Gasteiger partial charge in [-0.25, -0.2) is 9.18 Å². The highest BCUT2D eigenvalue weighted by Crippen LogP contribution is 2.52. The summed E-state index contributed by atoms with van der Waals surface area (Å²) in [5.41, 5.74) is -0.556. The fourth-order valence-corrected chi connectivity index (χ4v) is 6.63. The van der Waals surface area contributed by atoms with Crippen LogP contribution in [-0.4, -0.2) is 92.1 Å². The molecule has 228 valence electrons. The summed E-state index contributed by atoms with van der Waals surface area (Å²) in [7, 11) is 0. The molecule has 3 saturated heterocycles. The number of aliphatic hydroxyl groups excluding tert-OH is 1. The largest absolute Gasteiger partial charge is 0.444 e. The third-order valence-electron chi connectivity index (χ3n) is 8.13. The van der Waals surface area contributed by atoms with Crippen LogP contribution in [0.25, 0.3) is 0 Å². The van der Waals surface area contributed by atoms with Crippen LogP contribution in [-0.2, 0) is 4.74 Å². The Morgan fingerprint density at radius 3 is 2.45 bits per heavy atom. The molecule has 11 nitrogen and oxygen atoms in total. The molecule has 13 heteroatoms. The van der Waals surface area contributed by atoms with E-state index in [0.717, 1.165) is 31.7 Å². The van der Waals surface area contributed by atoms with E-state index in [-0.39, 0.29) is 65.3 Å². The molecule has 5 rings (SSSR count). The summed E-state index contributed by atoms with van der Waals surface area (Å²) < 4.78 is 26.0. The molecule has 2 atom stereocenters. The van der Waals surface area contributed by atoms with Gasteiger partial charge in [-0.15, -0.1) is 10.2 Å². The number of carbonyl (C=O) groups excluding carboxylic acids is 2. The zero-order chi connectivity index (χ0) is 30.4. The second kappa shape index (κ2) is 11.4. The van der Waals surface area contributed by atoms with Gasteiger partial charge >= 0.3 is 6.09 Å². The zero-order valence-electron chi connectivity index (χ0n) is 24.6. The number of fused-ring (bicyclic) bond motifs is 2. The number of ether oxygens (including phenoxy) is 2. The Hall–Kier alpha value is -3.25. The van der Waals surface area contributed by atoms with Crippen LogP contribution in [0.3, 0.4) is 0 Å². The summed E-state index contributed by atoms with van der Waals surface area (Å²) >= 11 is 6.14. The lowest BCUT2D eigenvalue weighted by molar-refractivity contribution is -0.0183.